The molecule has 164 valence electrons. The van der Waals surface area contributed by atoms with Gasteiger partial charge in [-0.05, 0) is 61.4 Å². The molecule has 0 N–H and O–H groups in total. The summed E-state index contributed by atoms with van der Waals surface area (Å²) < 4.78 is 16.4. The number of carbonyl (C=O) groups excluding carboxylic acids is 2. The number of hydrogen-bond donors (Lipinski definition) is 0. The average Bonchev–Trinajstić information content (AvgIpc) is 3.39. The van der Waals surface area contributed by atoms with E-state index >= 15 is 0 Å². The van der Waals surface area contributed by atoms with Gasteiger partial charge in [0.2, 0.25) is 0 Å². The van der Waals surface area contributed by atoms with E-state index in [1.54, 1.807) is 48.7 Å². The van der Waals surface area contributed by atoms with E-state index in [1.807, 2.05) is 26.0 Å². The number of thioether (sulfide) groups is 1. The third-order valence-electron chi connectivity index (χ3n) is 5.01. The Labute approximate surface area is 190 Å². The number of methoxy groups -OCH3 is 1. The van der Waals surface area contributed by atoms with Crippen molar-refractivity contribution in [2.45, 2.75) is 19.6 Å². The zero-order chi connectivity index (χ0) is 22.7. The van der Waals surface area contributed by atoms with Crippen molar-refractivity contribution in [3.63, 3.8) is 0 Å². The van der Waals surface area contributed by atoms with Crippen LogP contribution in [0.5, 0.6) is 11.5 Å². The summed E-state index contributed by atoms with van der Waals surface area (Å²) in [5.74, 6) is 1.56. The molecule has 1 aromatic heterocycles. The number of rotatable bonds is 8. The van der Waals surface area contributed by atoms with Crippen LogP contribution >= 0.6 is 11.8 Å². The fraction of sp³-hybridized carbons (Fsp3) is 0.200. The van der Waals surface area contributed by atoms with Crippen LogP contribution in [0.1, 0.15) is 23.8 Å². The van der Waals surface area contributed by atoms with Crippen molar-refractivity contribution in [2.75, 3.05) is 18.6 Å². The lowest BCUT2D eigenvalue weighted by molar-refractivity contribution is -0.119. The molecule has 0 saturated carbocycles. The highest BCUT2D eigenvalue weighted by Crippen LogP contribution is 2.42. The van der Waals surface area contributed by atoms with E-state index in [9.17, 15) is 9.59 Å². The molecular weight excluding hydrogens is 426 g/mol. The van der Waals surface area contributed by atoms with Crippen LogP contribution in [0.4, 0.5) is 5.69 Å². The molecule has 0 bridgehead atoms. The molecule has 2 heterocycles. The molecule has 0 aliphatic carbocycles. The molecule has 2 amide bonds. The molecule has 4 rings (SSSR count). The second-order valence-corrected chi connectivity index (χ2v) is 8.14. The van der Waals surface area contributed by atoms with Gasteiger partial charge in [-0.1, -0.05) is 18.2 Å². The monoisotopic (exact) mass is 449 g/mol. The molecule has 6 nitrogen and oxygen atoms in total. The first-order valence-corrected chi connectivity index (χ1v) is 11.2. The normalized spacial score (nSPS) is 13.8. The lowest BCUT2D eigenvalue weighted by Gasteiger charge is -2.19. The summed E-state index contributed by atoms with van der Waals surface area (Å²) in [4.78, 5) is 28.7. The van der Waals surface area contributed by atoms with E-state index in [2.05, 4.69) is 0 Å². The van der Waals surface area contributed by atoms with Crippen molar-refractivity contribution >= 4 is 34.8 Å². The largest absolute Gasteiger partial charge is 0.495 e. The van der Waals surface area contributed by atoms with Crippen molar-refractivity contribution in [1.82, 2.24) is 0 Å². The molecule has 2 aromatic carbocycles. The second-order valence-electron chi connectivity index (χ2n) is 7.15. The minimum absolute atomic E-state index is 0.359. The standard InChI is InChI=1S/C25H23NO5S/c1-4-30-18-10-8-17(9-11-18)22-23(32-15-19-6-5-13-31-19)25(28)26(24(22)27)20-14-16(2)7-12-21(20)29-3/h5-14H,4,15H2,1-3H3. The number of ether oxygens (including phenoxy) is 2. The van der Waals surface area contributed by atoms with Crippen LogP contribution in [-0.4, -0.2) is 25.5 Å². The summed E-state index contributed by atoms with van der Waals surface area (Å²) in [6.45, 7) is 4.36. The van der Waals surface area contributed by atoms with Gasteiger partial charge in [0.25, 0.3) is 11.8 Å². The number of imide groups is 1. The molecule has 0 fully saturated rings. The van der Waals surface area contributed by atoms with Crippen LogP contribution in [0.25, 0.3) is 5.57 Å². The van der Waals surface area contributed by atoms with Crippen LogP contribution in [0.3, 0.4) is 0 Å². The van der Waals surface area contributed by atoms with Gasteiger partial charge in [-0.3, -0.25) is 9.59 Å². The Morgan fingerprint density at radius 2 is 1.81 bits per heavy atom. The Kier molecular flexibility index (Phi) is 6.37. The maximum Gasteiger partial charge on any atom is 0.272 e. The van der Waals surface area contributed by atoms with Gasteiger partial charge in [0, 0.05) is 0 Å². The molecule has 0 unspecified atom stereocenters. The number of carbonyl (C=O) groups is 2. The van der Waals surface area contributed by atoms with Gasteiger partial charge < -0.3 is 13.9 Å². The third kappa shape index (κ3) is 4.16. The molecule has 0 atom stereocenters. The number of aryl methyl sites for hydroxylation is 1. The van der Waals surface area contributed by atoms with Crippen LogP contribution in [0.15, 0.2) is 70.2 Å². The van der Waals surface area contributed by atoms with E-state index in [0.717, 1.165) is 11.3 Å². The Bertz CT molecular complexity index is 1170. The van der Waals surface area contributed by atoms with Crippen LogP contribution in [0, 0.1) is 6.92 Å². The van der Waals surface area contributed by atoms with Gasteiger partial charge in [-0.25, -0.2) is 4.90 Å². The molecule has 0 spiro atoms. The van der Waals surface area contributed by atoms with E-state index in [-0.39, 0.29) is 11.8 Å². The molecular formula is C25H23NO5S. The van der Waals surface area contributed by atoms with E-state index in [4.69, 9.17) is 13.9 Å². The van der Waals surface area contributed by atoms with E-state index in [1.165, 1.54) is 23.8 Å². The second kappa shape index (κ2) is 9.36. The minimum atomic E-state index is -0.384. The molecule has 0 saturated heterocycles. The van der Waals surface area contributed by atoms with Crippen molar-refractivity contribution in [3.8, 4) is 11.5 Å². The average molecular weight is 450 g/mol. The Balaban J connectivity index is 1.76. The maximum absolute atomic E-state index is 13.6. The first-order valence-electron chi connectivity index (χ1n) is 10.2. The number of nitrogens with zero attached hydrogens (tertiary/aromatic N) is 1. The van der Waals surface area contributed by atoms with Gasteiger partial charge in [-0.15, -0.1) is 11.8 Å². The number of amides is 2. The Morgan fingerprint density at radius 1 is 1.03 bits per heavy atom. The predicted octanol–water partition coefficient (Wildman–Crippen LogP) is 5.21. The highest BCUT2D eigenvalue weighted by molar-refractivity contribution is 8.03. The zero-order valence-electron chi connectivity index (χ0n) is 18.1. The number of benzene rings is 2. The first-order chi connectivity index (χ1) is 15.5. The highest BCUT2D eigenvalue weighted by atomic mass is 32.2. The molecule has 1 aliphatic heterocycles. The summed E-state index contributed by atoms with van der Waals surface area (Å²) >= 11 is 1.29. The summed E-state index contributed by atoms with van der Waals surface area (Å²) in [6, 6.07) is 16.3. The number of hydrogen-bond acceptors (Lipinski definition) is 6. The van der Waals surface area contributed by atoms with Crippen molar-refractivity contribution in [3.05, 3.63) is 82.7 Å². The molecule has 1 aliphatic rings. The quantitative estimate of drug-likeness (QED) is 0.440. The van der Waals surface area contributed by atoms with Gasteiger partial charge in [0.1, 0.15) is 17.3 Å². The lowest BCUT2D eigenvalue weighted by Crippen LogP contribution is -2.31. The van der Waals surface area contributed by atoms with Crippen molar-refractivity contribution in [2.24, 2.45) is 0 Å². The molecule has 3 aromatic rings. The SMILES string of the molecule is CCOc1ccc(C2=C(SCc3ccco3)C(=O)N(c3cc(C)ccc3OC)C2=O)cc1. The third-order valence-corrected chi connectivity index (χ3v) is 6.11. The predicted molar refractivity (Wildman–Crippen MR) is 125 cm³/mol. The number of furan rings is 1. The van der Waals surface area contributed by atoms with Crippen molar-refractivity contribution in [1.29, 1.82) is 0 Å². The smallest absolute Gasteiger partial charge is 0.272 e. The molecule has 32 heavy (non-hydrogen) atoms. The van der Waals surface area contributed by atoms with Crippen molar-refractivity contribution < 1.29 is 23.5 Å². The Hall–Kier alpha value is -3.45. The van der Waals surface area contributed by atoms with E-state index in [0.29, 0.717) is 45.6 Å². The highest BCUT2D eigenvalue weighted by Gasteiger charge is 2.41. The van der Waals surface area contributed by atoms with Gasteiger partial charge in [0.05, 0.1) is 41.9 Å². The number of anilines is 1. The van der Waals surface area contributed by atoms with Gasteiger partial charge in [0.15, 0.2) is 0 Å². The van der Waals surface area contributed by atoms with E-state index < -0.39 is 0 Å². The molecule has 7 heteroatoms. The van der Waals surface area contributed by atoms with Crippen LogP contribution < -0.4 is 14.4 Å². The van der Waals surface area contributed by atoms with Gasteiger partial charge >= 0.3 is 0 Å². The topological polar surface area (TPSA) is 69.0 Å². The zero-order valence-corrected chi connectivity index (χ0v) is 18.9. The van der Waals surface area contributed by atoms with Crippen LogP contribution in [-0.2, 0) is 15.3 Å². The summed E-state index contributed by atoms with van der Waals surface area (Å²) in [5, 5.41) is 0. The summed E-state index contributed by atoms with van der Waals surface area (Å²) in [7, 11) is 1.52. The van der Waals surface area contributed by atoms with Gasteiger partial charge in [-0.2, -0.15) is 0 Å². The maximum atomic E-state index is 13.6. The minimum Gasteiger partial charge on any atom is -0.495 e. The Morgan fingerprint density at radius 3 is 2.47 bits per heavy atom. The van der Waals surface area contributed by atoms with Crippen LogP contribution in [0.2, 0.25) is 0 Å². The summed E-state index contributed by atoms with van der Waals surface area (Å²) in [6.07, 6.45) is 1.59. The molecule has 0 radical (unpaired) electrons. The fourth-order valence-electron chi connectivity index (χ4n) is 3.51. The lowest BCUT2D eigenvalue weighted by atomic mass is 10.1. The fourth-order valence-corrected chi connectivity index (χ4v) is 4.53. The summed E-state index contributed by atoms with van der Waals surface area (Å²) in [5.41, 5.74) is 2.36. The first kappa shape index (κ1) is 21.8.